The molecule has 0 unspecified atom stereocenters. The number of hydrogen-bond donors (Lipinski definition) is 0. The van der Waals surface area contributed by atoms with Crippen LogP contribution in [0, 0.1) is 0 Å². The highest BCUT2D eigenvalue weighted by atomic mass is 32.1. The average molecular weight is 655 g/mol. The molecule has 2 aliphatic rings. The van der Waals surface area contributed by atoms with E-state index in [1.54, 1.807) is 0 Å². The van der Waals surface area contributed by atoms with E-state index in [0.717, 1.165) is 12.8 Å². The Balaban J connectivity index is 1.36. The van der Waals surface area contributed by atoms with E-state index in [9.17, 15) is 0 Å². The Morgan fingerprint density at radius 2 is 1.04 bits per heavy atom. The largest absolute Gasteiger partial charge is 0.135 e. The van der Waals surface area contributed by atoms with Crippen LogP contribution in [0.25, 0.3) is 98.0 Å². The summed E-state index contributed by atoms with van der Waals surface area (Å²) in [6.45, 7) is 4.89. The van der Waals surface area contributed by atoms with Gasteiger partial charge < -0.3 is 0 Å². The highest BCUT2D eigenvalue weighted by Crippen LogP contribution is 2.56. The van der Waals surface area contributed by atoms with Crippen molar-refractivity contribution < 1.29 is 0 Å². The molecule has 0 nitrogen and oxygen atoms in total. The second-order valence-electron chi connectivity index (χ2n) is 14.6. The molecule has 1 heterocycles. The van der Waals surface area contributed by atoms with Gasteiger partial charge in [0, 0.05) is 31.0 Å². The summed E-state index contributed by atoms with van der Waals surface area (Å²) >= 11 is 1.94. The highest BCUT2D eigenvalue weighted by Gasteiger charge is 2.39. The van der Waals surface area contributed by atoms with Crippen molar-refractivity contribution in [3.05, 3.63) is 155 Å². The standard InChI is InChI=1S/C49H34S/c1-49(2)42-24-11-9-22-39(42)46-37-26-27-38-31-17-10-12-25-43(31)50-48(38)40(37)28-41(47(46)49)45-35-20-7-5-18-33(35)44(34-19-6-8-21-36(34)45)32-23-13-15-29-14-3-4-16-30(29)32/h3-5,7,9-28H,6,8H2,1-2H3. The fourth-order valence-corrected chi connectivity index (χ4v) is 10.8. The monoisotopic (exact) mass is 654 g/mol. The van der Waals surface area contributed by atoms with Gasteiger partial charge in [-0.15, -0.1) is 11.3 Å². The zero-order chi connectivity index (χ0) is 33.1. The fraction of sp³-hybridized carbons (Fsp3) is 0.102. The van der Waals surface area contributed by atoms with Crippen molar-refractivity contribution >= 4 is 76.0 Å². The molecule has 1 heteroatoms. The zero-order valence-corrected chi connectivity index (χ0v) is 29.0. The van der Waals surface area contributed by atoms with Crippen LogP contribution in [0.2, 0.25) is 0 Å². The summed E-state index contributed by atoms with van der Waals surface area (Å²) in [6, 6.07) is 50.3. The summed E-state index contributed by atoms with van der Waals surface area (Å²) in [4.78, 5) is 0. The molecule has 50 heavy (non-hydrogen) atoms. The van der Waals surface area contributed by atoms with Crippen molar-refractivity contribution in [3.8, 4) is 33.4 Å². The van der Waals surface area contributed by atoms with E-state index in [4.69, 9.17) is 0 Å². The lowest BCUT2D eigenvalue weighted by Crippen LogP contribution is -2.32. The van der Waals surface area contributed by atoms with E-state index in [1.165, 1.54) is 107 Å². The Kier molecular flexibility index (Phi) is 5.82. The number of rotatable bonds is 2. The highest BCUT2D eigenvalue weighted by molar-refractivity contribution is 7.26. The van der Waals surface area contributed by atoms with Gasteiger partial charge >= 0.3 is 0 Å². The molecule has 0 aliphatic heterocycles. The third-order valence-electron chi connectivity index (χ3n) is 11.6. The van der Waals surface area contributed by atoms with Crippen molar-refractivity contribution in [1.29, 1.82) is 0 Å². The predicted octanol–water partition coefficient (Wildman–Crippen LogP) is 12.5. The third-order valence-corrected chi connectivity index (χ3v) is 12.9. The second-order valence-corrected chi connectivity index (χ2v) is 15.7. The number of benzene rings is 8. The van der Waals surface area contributed by atoms with E-state index in [0.29, 0.717) is 0 Å². The van der Waals surface area contributed by atoms with Crippen LogP contribution in [0.1, 0.15) is 37.8 Å². The molecule has 9 aromatic rings. The van der Waals surface area contributed by atoms with Crippen LogP contribution in [0.15, 0.2) is 133 Å². The summed E-state index contributed by atoms with van der Waals surface area (Å²) in [5.41, 5.74) is 10.9. The molecular weight excluding hydrogens is 621 g/mol. The van der Waals surface area contributed by atoms with E-state index >= 15 is 0 Å². The summed E-state index contributed by atoms with van der Waals surface area (Å²) in [5, 5.41) is 13.4. The average Bonchev–Trinajstić information content (AvgIpc) is 3.66. The normalized spacial score (nSPS) is 14.5. The molecule has 0 N–H and O–H groups in total. The molecule has 0 saturated carbocycles. The summed E-state index contributed by atoms with van der Waals surface area (Å²) in [6.07, 6.45) is 7.16. The first-order chi connectivity index (χ1) is 24.6. The Morgan fingerprint density at radius 3 is 1.84 bits per heavy atom. The number of thiophene rings is 1. The SMILES string of the molecule is CC1(C)c2ccccc2-c2c1c(-c1c3c(c(-c4cccc5ccccc45)c4ccccc14)=CCCC=3)cc1c2ccc2c3ccccc3sc12. The van der Waals surface area contributed by atoms with Crippen LogP contribution >= 0.6 is 11.3 Å². The molecule has 11 rings (SSSR count). The molecule has 1 aromatic heterocycles. The van der Waals surface area contributed by atoms with E-state index < -0.39 is 0 Å². The van der Waals surface area contributed by atoms with Crippen LogP contribution < -0.4 is 10.4 Å². The van der Waals surface area contributed by atoms with Gasteiger partial charge in [0.2, 0.25) is 0 Å². The van der Waals surface area contributed by atoms with Crippen LogP contribution in [-0.2, 0) is 5.41 Å². The molecule has 0 fully saturated rings. The van der Waals surface area contributed by atoms with Gasteiger partial charge in [-0.05, 0) is 107 Å². The van der Waals surface area contributed by atoms with E-state index in [-0.39, 0.29) is 5.41 Å². The maximum absolute atomic E-state index is 2.58. The molecule has 0 bridgehead atoms. The lowest BCUT2D eigenvalue weighted by atomic mass is 9.76. The number of fused-ring (bicyclic) bond motifs is 12. The maximum atomic E-state index is 2.58. The van der Waals surface area contributed by atoms with Crippen LogP contribution in [-0.4, -0.2) is 0 Å². The van der Waals surface area contributed by atoms with Crippen molar-refractivity contribution in [3.63, 3.8) is 0 Å². The molecule has 2 aliphatic carbocycles. The Labute approximate surface area is 295 Å². The van der Waals surface area contributed by atoms with Gasteiger partial charge in [-0.3, -0.25) is 0 Å². The van der Waals surface area contributed by atoms with Gasteiger partial charge in [-0.1, -0.05) is 147 Å². The van der Waals surface area contributed by atoms with Crippen molar-refractivity contribution in [1.82, 2.24) is 0 Å². The van der Waals surface area contributed by atoms with Crippen LogP contribution in [0.3, 0.4) is 0 Å². The molecule has 0 spiro atoms. The minimum Gasteiger partial charge on any atom is -0.135 e. The van der Waals surface area contributed by atoms with E-state index in [1.807, 2.05) is 11.3 Å². The summed E-state index contributed by atoms with van der Waals surface area (Å²) in [5.74, 6) is 0. The molecule has 236 valence electrons. The Morgan fingerprint density at radius 1 is 0.460 bits per heavy atom. The first-order valence-corrected chi connectivity index (χ1v) is 18.7. The smallest absolute Gasteiger partial charge is 0.0434 e. The predicted molar refractivity (Wildman–Crippen MR) is 218 cm³/mol. The lowest BCUT2D eigenvalue weighted by Gasteiger charge is -2.27. The zero-order valence-electron chi connectivity index (χ0n) is 28.2. The molecule has 0 saturated heterocycles. The van der Waals surface area contributed by atoms with Gasteiger partial charge in [0.1, 0.15) is 0 Å². The van der Waals surface area contributed by atoms with Gasteiger partial charge in [-0.25, -0.2) is 0 Å². The minimum atomic E-state index is -0.161. The molecule has 0 amide bonds. The fourth-order valence-electron chi connectivity index (χ4n) is 9.55. The van der Waals surface area contributed by atoms with Gasteiger partial charge in [0.05, 0.1) is 0 Å². The van der Waals surface area contributed by atoms with Crippen molar-refractivity contribution in [2.75, 3.05) is 0 Å². The Hall–Kier alpha value is -5.50. The molecule has 8 aromatic carbocycles. The van der Waals surface area contributed by atoms with Crippen molar-refractivity contribution in [2.24, 2.45) is 0 Å². The first-order valence-electron chi connectivity index (χ1n) is 17.8. The van der Waals surface area contributed by atoms with Gasteiger partial charge in [0.25, 0.3) is 0 Å². The molecular formula is C49H34S. The third kappa shape index (κ3) is 3.71. The van der Waals surface area contributed by atoms with Gasteiger partial charge in [-0.2, -0.15) is 0 Å². The number of hydrogen-bond acceptors (Lipinski definition) is 1. The topological polar surface area (TPSA) is 0 Å². The maximum Gasteiger partial charge on any atom is 0.0434 e. The summed E-state index contributed by atoms with van der Waals surface area (Å²) in [7, 11) is 0. The molecule has 0 radical (unpaired) electrons. The van der Waals surface area contributed by atoms with E-state index in [2.05, 4.69) is 159 Å². The van der Waals surface area contributed by atoms with Crippen LogP contribution in [0.4, 0.5) is 0 Å². The molecule has 0 atom stereocenters. The second kappa shape index (κ2) is 10.3. The van der Waals surface area contributed by atoms with Gasteiger partial charge in [0.15, 0.2) is 0 Å². The first kappa shape index (κ1) is 28.3. The Bertz CT molecular complexity index is 3060. The van der Waals surface area contributed by atoms with Crippen LogP contribution in [0.5, 0.6) is 0 Å². The summed E-state index contributed by atoms with van der Waals surface area (Å²) < 4.78 is 2.74. The minimum absolute atomic E-state index is 0.161. The quantitative estimate of drug-likeness (QED) is 0.174. The van der Waals surface area contributed by atoms with Crippen molar-refractivity contribution in [2.45, 2.75) is 32.1 Å². The lowest BCUT2D eigenvalue weighted by molar-refractivity contribution is 0.662.